The van der Waals surface area contributed by atoms with Crippen LogP contribution in [0.3, 0.4) is 0 Å². The molecule has 9 heteroatoms. The summed E-state index contributed by atoms with van der Waals surface area (Å²) in [6.07, 6.45) is 3.33. The molecular weight excluding hydrogens is 312 g/mol. The highest BCUT2D eigenvalue weighted by Gasteiger charge is 2.42. The van der Waals surface area contributed by atoms with Crippen LogP contribution in [0.15, 0.2) is 12.5 Å². The fourth-order valence-electron chi connectivity index (χ4n) is 2.26. The van der Waals surface area contributed by atoms with Crippen molar-refractivity contribution in [2.24, 2.45) is 5.92 Å². The molecule has 0 saturated carbocycles. The first-order valence-corrected chi connectivity index (χ1v) is 7.02. The Bertz CT molecular complexity index is 738. The molecule has 0 aromatic carbocycles. The molecule has 116 valence electrons. The second kappa shape index (κ2) is 5.20. The molecule has 2 aromatic rings. The van der Waals surface area contributed by atoms with Gasteiger partial charge in [0.15, 0.2) is 11.6 Å². The number of halogens is 1. The quantitative estimate of drug-likeness (QED) is 0.477. The third-order valence-electron chi connectivity index (χ3n) is 3.27. The Labute approximate surface area is 130 Å². The molecule has 0 bridgehead atoms. The van der Waals surface area contributed by atoms with Crippen LogP contribution in [0.2, 0.25) is 5.28 Å². The molecule has 1 fully saturated rings. The summed E-state index contributed by atoms with van der Waals surface area (Å²) in [6, 6.07) is 0. The molecule has 2 aromatic heterocycles. The fourth-order valence-corrected chi connectivity index (χ4v) is 2.38. The van der Waals surface area contributed by atoms with Gasteiger partial charge in [-0.15, -0.1) is 0 Å². The smallest absolute Gasteiger partial charge is 0.323 e. The van der Waals surface area contributed by atoms with Gasteiger partial charge in [0.1, 0.15) is 5.52 Å². The minimum absolute atomic E-state index is 0.111. The summed E-state index contributed by atoms with van der Waals surface area (Å²) in [4.78, 5) is 35.8. The number of cyclic esters (lactones) is 2. The number of hydrogen-bond acceptors (Lipinski definition) is 7. The van der Waals surface area contributed by atoms with Crippen molar-refractivity contribution < 1.29 is 19.1 Å². The molecule has 22 heavy (non-hydrogen) atoms. The summed E-state index contributed by atoms with van der Waals surface area (Å²) in [5.41, 5.74) is 1.12. The second-order valence-electron chi connectivity index (χ2n) is 5.37. The molecule has 0 N–H and O–H groups in total. The van der Waals surface area contributed by atoms with Crippen molar-refractivity contribution in [3.05, 3.63) is 17.8 Å². The summed E-state index contributed by atoms with van der Waals surface area (Å²) in [5.74, 6) is -3.31. The Morgan fingerprint density at radius 2 is 1.95 bits per heavy atom. The highest BCUT2D eigenvalue weighted by molar-refractivity contribution is 6.28. The number of carbonyl (C=O) groups excluding carboxylic acids is 2. The van der Waals surface area contributed by atoms with Crippen molar-refractivity contribution in [1.82, 2.24) is 19.5 Å². The van der Waals surface area contributed by atoms with Gasteiger partial charge in [0, 0.05) is 20.4 Å². The topological polar surface area (TPSA) is 96.2 Å². The lowest BCUT2D eigenvalue weighted by Gasteiger charge is -2.32. The minimum Gasteiger partial charge on any atom is -0.422 e. The third kappa shape index (κ3) is 2.74. The molecule has 0 atom stereocenters. The van der Waals surface area contributed by atoms with Crippen LogP contribution in [0.25, 0.3) is 11.2 Å². The first-order chi connectivity index (χ1) is 10.4. The SMILES string of the molecule is CC1(C)OC(=O)C(CCn2cnc3nc(Cl)ncc32)C(=O)O1. The summed E-state index contributed by atoms with van der Waals surface area (Å²) in [5, 5.41) is 0.111. The molecule has 0 aliphatic carbocycles. The van der Waals surface area contributed by atoms with E-state index < -0.39 is 23.6 Å². The molecule has 3 rings (SSSR count). The van der Waals surface area contributed by atoms with Crippen molar-refractivity contribution >= 4 is 34.7 Å². The number of fused-ring (bicyclic) bond motifs is 1. The van der Waals surface area contributed by atoms with E-state index in [0.29, 0.717) is 17.7 Å². The van der Waals surface area contributed by atoms with Gasteiger partial charge in [0.25, 0.3) is 5.79 Å². The van der Waals surface area contributed by atoms with Gasteiger partial charge >= 0.3 is 11.9 Å². The van der Waals surface area contributed by atoms with Crippen LogP contribution in [0.1, 0.15) is 20.3 Å². The molecule has 0 amide bonds. The Balaban J connectivity index is 1.74. The maximum absolute atomic E-state index is 11.9. The second-order valence-corrected chi connectivity index (χ2v) is 5.71. The maximum atomic E-state index is 11.9. The highest BCUT2D eigenvalue weighted by atomic mass is 35.5. The fraction of sp³-hybridized carbons (Fsp3) is 0.462. The van der Waals surface area contributed by atoms with E-state index in [-0.39, 0.29) is 11.7 Å². The van der Waals surface area contributed by atoms with E-state index in [1.165, 1.54) is 20.0 Å². The summed E-state index contributed by atoms with van der Waals surface area (Å²) >= 11 is 5.70. The monoisotopic (exact) mass is 324 g/mol. The van der Waals surface area contributed by atoms with E-state index >= 15 is 0 Å². The first kappa shape index (κ1) is 14.7. The first-order valence-electron chi connectivity index (χ1n) is 6.65. The zero-order chi connectivity index (χ0) is 15.9. The lowest BCUT2D eigenvalue weighted by atomic mass is 10.0. The number of rotatable bonds is 3. The van der Waals surface area contributed by atoms with Crippen molar-refractivity contribution in [1.29, 1.82) is 0 Å². The van der Waals surface area contributed by atoms with Crippen LogP contribution >= 0.6 is 11.6 Å². The van der Waals surface area contributed by atoms with E-state index in [1.807, 2.05) is 0 Å². The summed E-state index contributed by atoms with van der Waals surface area (Å²) in [7, 11) is 0. The number of carbonyl (C=O) groups is 2. The maximum Gasteiger partial charge on any atom is 0.323 e. The number of aryl methyl sites for hydroxylation is 1. The molecule has 8 nitrogen and oxygen atoms in total. The van der Waals surface area contributed by atoms with Gasteiger partial charge in [-0.05, 0) is 18.0 Å². The lowest BCUT2D eigenvalue weighted by Crippen LogP contribution is -2.46. The average molecular weight is 325 g/mol. The predicted molar refractivity (Wildman–Crippen MR) is 74.7 cm³/mol. The van der Waals surface area contributed by atoms with E-state index in [0.717, 1.165) is 0 Å². The van der Waals surface area contributed by atoms with Crippen LogP contribution < -0.4 is 0 Å². The predicted octanol–water partition coefficient (Wildman–Crippen LogP) is 1.32. The zero-order valence-corrected chi connectivity index (χ0v) is 12.7. The molecule has 1 aliphatic rings. The Kier molecular flexibility index (Phi) is 3.48. The zero-order valence-electron chi connectivity index (χ0n) is 11.9. The van der Waals surface area contributed by atoms with Crippen LogP contribution in [-0.2, 0) is 25.6 Å². The average Bonchev–Trinajstić information content (AvgIpc) is 2.78. The number of aromatic nitrogens is 4. The lowest BCUT2D eigenvalue weighted by molar-refractivity contribution is -0.240. The Morgan fingerprint density at radius 1 is 1.27 bits per heavy atom. The molecule has 0 spiro atoms. The summed E-state index contributed by atoms with van der Waals surface area (Å²) in [6.45, 7) is 3.41. The van der Waals surface area contributed by atoms with Crippen molar-refractivity contribution in [2.75, 3.05) is 0 Å². The van der Waals surface area contributed by atoms with Gasteiger partial charge in [-0.3, -0.25) is 9.59 Å². The van der Waals surface area contributed by atoms with Gasteiger partial charge in [-0.2, -0.15) is 4.98 Å². The summed E-state index contributed by atoms with van der Waals surface area (Å²) < 4.78 is 11.9. The van der Waals surface area contributed by atoms with Gasteiger partial charge in [-0.25, -0.2) is 9.97 Å². The third-order valence-corrected chi connectivity index (χ3v) is 3.45. The van der Waals surface area contributed by atoms with Crippen molar-refractivity contribution in [3.8, 4) is 0 Å². The van der Waals surface area contributed by atoms with Gasteiger partial charge in [0.05, 0.1) is 12.5 Å². The van der Waals surface area contributed by atoms with E-state index in [9.17, 15) is 9.59 Å². The molecule has 1 saturated heterocycles. The number of hydrogen-bond donors (Lipinski definition) is 0. The minimum atomic E-state index is -1.21. The molecule has 0 radical (unpaired) electrons. The van der Waals surface area contributed by atoms with Gasteiger partial charge in [0.2, 0.25) is 5.28 Å². The van der Waals surface area contributed by atoms with E-state index in [4.69, 9.17) is 21.1 Å². The van der Waals surface area contributed by atoms with Crippen LogP contribution in [0.5, 0.6) is 0 Å². The highest BCUT2D eigenvalue weighted by Crippen LogP contribution is 2.25. The number of esters is 2. The van der Waals surface area contributed by atoms with Crippen molar-refractivity contribution in [2.45, 2.75) is 32.6 Å². The standard InChI is InChI=1S/C13H13ClN4O4/c1-13(2)21-10(19)7(11(20)22-13)3-4-18-6-16-9-8(18)5-15-12(14)17-9/h5-7H,3-4H2,1-2H3. The molecule has 3 heterocycles. The number of ether oxygens (including phenoxy) is 2. The molecule has 0 unspecified atom stereocenters. The normalized spacial score (nSPS) is 18.3. The van der Waals surface area contributed by atoms with Crippen LogP contribution in [0, 0.1) is 5.92 Å². The van der Waals surface area contributed by atoms with E-state index in [2.05, 4.69) is 15.0 Å². The van der Waals surface area contributed by atoms with Crippen LogP contribution in [-0.4, -0.2) is 37.2 Å². The van der Waals surface area contributed by atoms with Crippen LogP contribution in [0.4, 0.5) is 0 Å². The Hall–Kier alpha value is -2.22. The van der Waals surface area contributed by atoms with E-state index in [1.54, 1.807) is 10.9 Å². The van der Waals surface area contributed by atoms with Crippen molar-refractivity contribution in [3.63, 3.8) is 0 Å². The number of nitrogens with zero attached hydrogens (tertiary/aromatic N) is 4. The number of imidazole rings is 1. The largest absolute Gasteiger partial charge is 0.422 e. The van der Waals surface area contributed by atoms with Gasteiger partial charge in [-0.1, -0.05) is 0 Å². The Morgan fingerprint density at radius 3 is 2.64 bits per heavy atom. The molecule has 1 aliphatic heterocycles. The van der Waals surface area contributed by atoms with Gasteiger partial charge < -0.3 is 14.0 Å². The molecular formula is C13H13ClN4O4.